The molecule has 0 saturated heterocycles. The van der Waals surface area contributed by atoms with Gasteiger partial charge in [0.25, 0.3) is 5.91 Å². The van der Waals surface area contributed by atoms with Crippen LogP contribution in [0.15, 0.2) is 48.5 Å². The number of carbonyl (C=O) groups excluding carboxylic acids is 2. The standard InChI is InChI=1S/C21H22N4O2/c1-13(2)19(25-12-14-7-3-4-8-15(14)21(25)27)20(26)22-11-18-23-16-9-5-6-10-17(16)24-18/h3-10,13,19H,11-12H2,1-2H3,(H,22,26)(H,23,24)/t19-/m0/s1. The minimum absolute atomic E-state index is 0.000986. The van der Waals surface area contributed by atoms with Gasteiger partial charge in [0.15, 0.2) is 0 Å². The Bertz CT molecular complexity index is 975. The molecule has 6 nitrogen and oxygen atoms in total. The second-order valence-corrected chi connectivity index (χ2v) is 7.20. The summed E-state index contributed by atoms with van der Waals surface area (Å²) >= 11 is 0. The number of carbonyl (C=O) groups is 2. The summed E-state index contributed by atoms with van der Waals surface area (Å²) in [6.07, 6.45) is 0. The van der Waals surface area contributed by atoms with Crippen LogP contribution in [0.25, 0.3) is 11.0 Å². The Morgan fingerprint density at radius 1 is 1.19 bits per heavy atom. The van der Waals surface area contributed by atoms with Gasteiger partial charge in [0.05, 0.1) is 17.6 Å². The maximum Gasteiger partial charge on any atom is 0.255 e. The van der Waals surface area contributed by atoms with E-state index in [0.717, 1.165) is 16.6 Å². The number of aromatic nitrogens is 2. The Morgan fingerprint density at radius 3 is 2.67 bits per heavy atom. The zero-order valence-electron chi connectivity index (χ0n) is 15.4. The molecule has 1 atom stereocenters. The van der Waals surface area contributed by atoms with Crippen LogP contribution >= 0.6 is 0 Å². The summed E-state index contributed by atoms with van der Waals surface area (Å²) < 4.78 is 0. The fraction of sp³-hybridized carbons (Fsp3) is 0.286. The van der Waals surface area contributed by atoms with Gasteiger partial charge in [-0.05, 0) is 29.7 Å². The highest BCUT2D eigenvalue weighted by Gasteiger charge is 2.37. The average molecular weight is 362 g/mol. The number of nitrogens with one attached hydrogen (secondary N) is 2. The van der Waals surface area contributed by atoms with Gasteiger partial charge in [0.2, 0.25) is 5.91 Å². The van der Waals surface area contributed by atoms with E-state index in [4.69, 9.17) is 0 Å². The Labute approximate surface area is 157 Å². The molecule has 1 aromatic heterocycles. The van der Waals surface area contributed by atoms with E-state index >= 15 is 0 Å². The molecule has 0 unspecified atom stereocenters. The number of hydrogen-bond acceptors (Lipinski definition) is 3. The molecule has 0 fully saturated rings. The van der Waals surface area contributed by atoms with E-state index in [1.165, 1.54) is 0 Å². The predicted molar refractivity (Wildman–Crippen MR) is 103 cm³/mol. The van der Waals surface area contributed by atoms with Gasteiger partial charge in [0, 0.05) is 12.1 Å². The fourth-order valence-electron chi connectivity index (χ4n) is 3.67. The Morgan fingerprint density at radius 2 is 1.93 bits per heavy atom. The predicted octanol–water partition coefficient (Wildman–Crippen LogP) is 2.86. The van der Waals surface area contributed by atoms with Gasteiger partial charge in [0.1, 0.15) is 11.9 Å². The van der Waals surface area contributed by atoms with Crippen molar-refractivity contribution in [3.8, 4) is 0 Å². The van der Waals surface area contributed by atoms with Crippen molar-refractivity contribution in [2.75, 3.05) is 0 Å². The number of amides is 2. The zero-order chi connectivity index (χ0) is 19.0. The second-order valence-electron chi connectivity index (χ2n) is 7.20. The summed E-state index contributed by atoms with van der Waals surface area (Å²) in [5, 5.41) is 2.94. The number of nitrogens with zero attached hydrogens (tertiary/aromatic N) is 2. The number of H-pyrrole nitrogens is 1. The summed E-state index contributed by atoms with van der Waals surface area (Å²) in [6, 6.07) is 14.8. The summed E-state index contributed by atoms with van der Waals surface area (Å²) in [4.78, 5) is 35.0. The van der Waals surface area contributed by atoms with E-state index < -0.39 is 6.04 Å². The Hall–Kier alpha value is -3.15. The van der Waals surface area contributed by atoms with E-state index in [1.54, 1.807) is 4.90 Å². The van der Waals surface area contributed by atoms with E-state index in [2.05, 4.69) is 15.3 Å². The van der Waals surface area contributed by atoms with Crippen LogP contribution in [0.3, 0.4) is 0 Å². The van der Waals surface area contributed by atoms with Crippen molar-refractivity contribution < 1.29 is 9.59 Å². The van der Waals surface area contributed by atoms with Crippen LogP contribution in [0.2, 0.25) is 0 Å². The third-order valence-corrected chi connectivity index (χ3v) is 4.95. The maximum absolute atomic E-state index is 12.9. The second kappa shape index (κ2) is 6.87. The summed E-state index contributed by atoms with van der Waals surface area (Å²) in [6.45, 7) is 4.69. The van der Waals surface area contributed by atoms with Crippen LogP contribution in [-0.2, 0) is 17.9 Å². The summed E-state index contributed by atoms with van der Waals surface area (Å²) in [7, 11) is 0. The van der Waals surface area contributed by atoms with Gasteiger partial charge in [-0.3, -0.25) is 9.59 Å². The maximum atomic E-state index is 12.9. The van der Waals surface area contributed by atoms with Crippen LogP contribution in [0.4, 0.5) is 0 Å². The first kappa shape index (κ1) is 17.3. The number of imidazole rings is 1. The SMILES string of the molecule is CC(C)[C@@H](C(=O)NCc1nc2ccccc2[nH]1)N1Cc2ccccc2C1=O. The lowest BCUT2D eigenvalue weighted by Gasteiger charge is -2.29. The molecule has 27 heavy (non-hydrogen) atoms. The van der Waals surface area contributed by atoms with Crippen molar-refractivity contribution in [1.82, 2.24) is 20.2 Å². The molecule has 1 aliphatic heterocycles. The third kappa shape index (κ3) is 3.18. The molecule has 0 spiro atoms. The van der Waals surface area contributed by atoms with Gasteiger partial charge in [-0.25, -0.2) is 4.98 Å². The lowest BCUT2D eigenvalue weighted by atomic mass is 10.0. The molecule has 0 saturated carbocycles. The summed E-state index contributed by atoms with van der Waals surface area (Å²) in [5.74, 6) is 0.455. The molecule has 2 amide bonds. The van der Waals surface area contributed by atoms with Crippen LogP contribution in [0.1, 0.15) is 35.6 Å². The molecule has 0 radical (unpaired) electrons. The van der Waals surface area contributed by atoms with Gasteiger partial charge in [-0.15, -0.1) is 0 Å². The third-order valence-electron chi connectivity index (χ3n) is 4.95. The van der Waals surface area contributed by atoms with E-state index in [-0.39, 0.29) is 17.7 Å². The largest absolute Gasteiger partial charge is 0.347 e. The number of hydrogen-bond donors (Lipinski definition) is 2. The number of para-hydroxylation sites is 2. The fourth-order valence-corrected chi connectivity index (χ4v) is 3.67. The normalized spacial score (nSPS) is 14.6. The smallest absolute Gasteiger partial charge is 0.255 e. The first-order valence-electron chi connectivity index (χ1n) is 9.15. The molecule has 1 aliphatic rings. The molecular weight excluding hydrogens is 340 g/mol. The van der Waals surface area contributed by atoms with Crippen molar-refractivity contribution in [2.24, 2.45) is 5.92 Å². The molecule has 0 bridgehead atoms. The first-order chi connectivity index (χ1) is 13.0. The van der Waals surface area contributed by atoms with Gasteiger partial charge in [-0.2, -0.15) is 0 Å². The van der Waals surface area contributed by atoms with Crippen LogP contribution in [0, 0.1) is 5.92 Å². The van der Waals surface area contributed by atoms with Gasteiger partial charge >= 0.3 is 0 Å². The summed E-state index contributed by atoms with van der Waals surface area (Å²) in [5.41, 5.74) is 3.46. The van der Waals surface area contributed by atoms with Crippen molar-refractivity contribution in [2.45, 2.75) is 33.0 Å². The highest BCUT2D eigenvalue weighted by atomic mass is 16.2. The van der Waals surface area contributed by atoms with Crippen molar-refractivity contribution in [3.05, 3.63) is 65.5 Å². The molecule has 138 valence electrons. The molecule has 2 N–H and O–H groups in total. The molecule has 0 aliphatic carbocycles. The van der Waals surface area contributed by atoms with E-state index in [0.29, 0.717) is 24.5 Å². The average Bonchev–Trinajstić information content (AvgIpc) is 3.21. The van der Waals surface area contributed by atoms with Crippen LogP contribution in [0.5, 0.6) is 0 Å². The minimum atomic E-state index is -0.519. The highest BCUT2D eigenvalue weighted by Crippen LogP contribution is 2.27. The number of rotatable bonds is 5. The molecule has 2 heterocycles. The molecule has 3 aromatic rings. The zero-order valence-corrected chi connectivity index (χ0v) is 15.4. The van der Waals surface area contributed by atoms with Crippen molar-refractivity contribution in [3.63, 3.8) is 0 Å². The molecule has 6 heteroatoms. The number of aromatic amines is 1. The Balaban J connectivity index is 1.49. The molecule has 4 rings (SSSR count). The minimum Gasteiger partial charge on any atom is -0.347 e. The van der Waals surface area contributed by atoms with Crippen molar-refractivity contribution in [1.29, 1.82) is 0 Å². The van der Waals surface area contributed by atoms with Crippen LogP contribution < -0.4 is 5.32 Å². The lowest BCUT2D eigenvalue weighted by Crippen LogP contribution is -2.49. The van der Waals surface area contributed by atoms with E-state index in [1.807, 2.05) is 62.4 Å². The Kier molecular flexibility index (Phi) is 4.39. The van der Waals surface area contributed by atoms with Crippen molar-refractivity contribution >= 4 is 22.8 Å². The highest BCUT2D eigenvalue weighted by molar-refractivity contribution is 6.01. The first-order valence-corrected chi connectivity index (χ1v) is 9.15. The number of fused-ring (bicyclic) bond motifs is 2. The monoisotopic (exact) mass is 362 g/mol. The quantitative estimate of drug-likeness (QED) is 0.733. The molecule has 2 aromatic carbocycles. The topological polar surface area (TPSA) is 78.1 Å². The van der Waals surface area contributed by atoms with Gasteiger partial charge in [-0.1, -0.05) is 44.2 Å². The lowest BCUT2D eigenvalue weighted by molar-refractivity contribution is -0.127. The number of benzene rings is 2. The van der Waals surface area contributed by atoms with E-state index in [9.17, 15) is 9.59 Å². The van der Waals surface area contributed by atoms with Crippen LogP contribution in [-0.4, -0.2) is 32.7 Å². The molecular formula is C21H22N4O2. The van der Waals surface area contributed by atoms with Gasteiger partial charge < -0.3 is 15.2 Å².